The lowest BCUT2D eigenvalue weighted by molar-refractivity contribution is -0.137. The number of carbonyl (C=O) groups is 1. The maximum absolute atomic E-state index is 13.1. The van der Waals surface area contributed by atoms with Crippen molar-refractivity contribution >= 4 is 40.0 Å². The molecule has 1 amide bonds. The predicted octanol–water partition coefficient (Wildman–Crippen LogP) is 5.15. The second-order valence-electron chi connectivity index (χ2n) is 7.43. The molecular weight excluding hydrogens is 471 g/mol. The van der Waals surface area contributed by atoms with Crippen LogP contribution in [-0.2, 0) is 12.7 Å². The van der Waals surface area contributed by atoms with E-state index in [-0.39, 0.29) is 23.1 Å². The van der Waals surface area contributed by atoms with Crippen LogP contribution in [0.2, 0.25) is 5.02 Å². The van der Waals surface area contributed by atoms with Crippen molar-refractivity contribution in [1.82, 2.24) is 29.8 Å². The fraction of sp³-hybridized carbons (Fsp3) is 0.227. The first-order chi connectivity index (χ1) is 16.2. The topological polar surface area (TPSA) is 97.6 Å². The Hall–Kier alpha value is -3.73. The van der Waals surface area contributed by atoms with Gasteiger partial charge in [-0.1, -0.05) is 11.6 Å². The monoisotopic (exact) mass is 489 g/mol. The first kappa shape index (κ1) is 23.4. The molecule has 1 aromatic carbocycles. The Morgan fingerprint density at radius 2 is 1.91 bits per heavy atom. The molecule has 0 unspecified atom stereocenters. The van der Waals surface area contributed by atoms with E-state index in [1.54, 1.807) is 25.5 Å². The third-order valence-electron chi connectivity index (χ3n) is 5.09. The van der Waals surface area contributed by atoms with Crippen molar-refractivity contribution < 1.29 is 18.0 Å². The second-order valence-corrected chi connectivity index (χ2v) is 7.84. The van der Waals surface area contributed by atoms with Crippen LogP contribution in [0.25, 0.3) is 11.0 Å². The highest BCUT2D eigenvalue weighted by molar-refractivity contribution is 6.31. The van der Waals surface area contributed by atoms with E-state index in [9.17, 15) is 18.0 Å². The van der Waals surface area contributed by atoms with E-state index in [1.165, 1.54) is 18.5 Å². The standard InChI is InChI=1S/C22H19ClF3N7O/c1-3-33-11-30-18-9-27-16(7-19(18)33)21(34)31-12(2)17-8-29-20(10-28-17)32-13-4-5-15(23)14(6-13)22(24,25)26/h4-12H,3H2,1-2H3,(H,29,32)(H,31,34)/t12-/m0/s1. The predicted molar refractivity (Wildman–Crippen MR) is 121 cm³/mol. The highest BCUT2D eigenvalue weighted by Gasteiger charge is 2.33. The van der Waals surface area contributed by atoms with Gasteiger partial charge >= 0.3 is 6.18 Å². The number of rotatable bonds is 6. The van der Waals surface area contributed by atoms with Crippen LogP contribution in [0.5, 0.6) is 0 Å². The number of aromatic nitrogens is 5. The molecule has 0 aliphatic rings. The van der Waals surface area contributed by atoms with Gasteiger partial charge in [0.05, 0.1) is 52.8 Å². The summed E-state index contributed by atoms with van der Waals surface area (Å²) in [6.45, 7) is 4.42. The van der Waals surface area contributed by atoms with Crippen LogP contribution < -0.4 is 10.6 Å². The van der Waals surface area contributed by atoms with Crippen molar-refractivity contribution in [3.8, 4) is 0 Å². The summed E-state index contributed by atoms with van der Waals surface area (Å²) in [6, 6.07) is 4.65. The third kappa shape index (κ3) is 4.93. The fourth-order valence-electron chi connectivity index (χ4n) is 3.28. The maximum atomic E-state index is 13.1. The summed E-state index contributed by atoms with van der Waals surface area (Å²) in [4.78, 5) is 29.5. The molecule has 0 spiro atoms. The molecule has 0 saturated heterocycles. The van der Waals surface area contributed by atoms with Gasteiger partial charge in [0, 0.05) is 12.2 Å². The summed E-state index contributed by atoms with van der Waals surface area (Å²) < 4.78 is 41.1. The Morgan fingerprint density at radius 1 is 1.12 bits per heavy atom. The van der Waals surface area contributed by atoms with E-state index in [4.69, 9.17) is 11.6 Å². The van der Waals surface area contributed by atoms with Gasteiger partial charge in [-0.05, 0) is 38.1 Å². The van der Waals surface area contributed by atoms with E-state index in [0.29, 0.717) is 17.8 Å². The van der Waals surface area contributed by atoms with Crippen LogP contribution in [-0.4, -0.2) is 30.4 Å². The molecule has 176 valence electrons. The summed E-state index contributed by atoms with van der Waals surface area (Å²) in [5.74, 6) is -0.152. The van der Waals surface area contributed by atoms with E-state index in [2.05, 4.69) is 30.6 Å². The molecule has 0 saturated carbocycles. The van der Waals surface area contributed by atoms with Crippen molar-refractivity contribution in [2.24, 2.45) is 0 Å². The van der Waals surface area contributed by atoms with Gasteiger partial charge in [-0.25, -0.2) is 15.0 Å². The summed E-state index contributed by atoms with van der Waals surface area (Å²) >= 11 is 5.64. The number of halogens is 4. The Balaban J connectivity index is 1.44. The highest BCUT2D eigenvalue weighted by atomic mass is 35.5. The van der Waals surface area contributed by atoms with Gasteiger partial charge in [-0.15, -0.1) is 0 Å². The lowest BCUT2D eigenvalue weighted by Crippen LogP contribution is -2.28. The Bertz CT molecular complexity index is 1340. The zero-order valence-electron chi connectivity index (χ0n) is 18.1. The molecule has 2 N–H and O–H groups in total. The molecule has 12 heteroatoms. The molecule has 0 aliphatic heterocycles. The van der Waals surface area contributed by atoms with Crippen LogP contribution in [0.4, 0.5) is 24.7 Å². The number of imidazole rings is 1. The Kier molecular flexibility index (Phi) is 6.38. The molecule has 3 aromatic heterocycles. The zero-order chi connectivity index (χ0) is 24.5. The number of nitrogens with one attached hydrogen (secondary N) is 2. The molecule has 4 aromatic rings. The number of alkyl halides is 3. The lowest BCUT2D eigenvalue weighted by Gasteiger charge is -2.14. The summed E-state index contributed by atoms with van der Waals surface area (Å²) in [7, 11) is 0. The number of carbonyl (C=O) groups excluding carboxylic acids is 1. The van der Waals surface area contributed by atoms with Gasteiger partial charge in [-0.3, -0.25) is 9.78 Å². The molecule has 34 heavy (non-hydrogen) atoms. The first-order valence-electron chi connectivity index (χ1n) is 10.2. The molecule has 3 heterocycles. The number of anilines is 2. The maximum Gasteiger partial charge on any atom is 0.417 e. The van der Waals surface area contributed by atoms with Gasteiger partial charge in [0.2, 0.25) is 0 Å². The van der Waals surface area contributed by atoms with Crippen LogP contribution >= 0.6 is 11.6 Å². The average Bonchev–Trinajstić information content (AvgIpc) is 3.22. The molecule has 0 fully saturated rings. The molecule has 8 nitrogen and oxygen atoms in total. The van der Waals surface area contributed by atoms with Crippen molar-refractivity contribution in [1.29, 1.82) is 0 Å². The van der Waals surface area contributed by atoms with Crippen molar-refractivity contribution in [3.63, 3.8) is 0 Å². The minimum absolute atomic E-state index is 0.160. The van der Waals surface area contributed by atoms with Crippen molar-refractivity contribution in [3.05, 3.63) is 71.2 Å². The van der Waals surface area contributed by atoms with Gasteiger partial charge in [0.15, 0.2) is 0 Å². The number of benzene rings is 1. The number of nitrogens with zero attached hydrogens (tertiary/aromatic N) is 5. The highest BCUT2D eigenvalue weighted by Crippen LogP contribution is 2.36. The van der Waals surface area contributed by atoms with Crippen LogP contribution in [0.15, 0.2) is 49.2 Å². The number of hydrogen-bond donors (Lipinski definition) is 2. The molecule has 1 atom stereocenters. The summed E-state index contributed by atoms with van der Waals surface area (Å²) in [5, 5.41) is 5.18. The molecule has 0 radical (unpaired) electrons. The van der Waals surface area contributed by atoms with E-state index < -0.39 is 22.8 Å². The second kappa shape index (κ2) is 9.26. The van der Waals surface area contributed by atoms with E-state index in [0.717, 1.165) is 17.6 Å². The van der Waals surface area contributed by atoms with Crippen LogP contribution in [0.1, 0.15) is 41.6 Å². The minimum atomic E-state index is -4.58. The molecule has 0 aliphatic carbocycles. The molecule has 0 bridgehead atoms. The van der Waals surface area contributed by atoms with Crippen molar-refractivity contribution in [2.45, 2.75) is 32.6 Å². The zero-order valence-corrected chi connectivity index (χ0v) is 18.8. The van der Waals surface area contributed by atoms with E-state index >= 15 is 0 Å². The number of fused-ring (bicyclic) bond motifs is 1. The number of amides is 1. The molecule has 4 rings (SSSR count). The number of aryl methyl sites for hydroxylation is 1. The normalized spacial score (nSPS) is 12.5. The Labute approximate surface area is 197 Å². The van der Waals surface area contributed by atoms with E-state index in [1.807, 2.05) is 11.5 Å². The smallest absolute Gasteiger partial charge is 0.343 e. The lowest BCUT2D eigenvalue weighted by atomic mass is 10.2. The molecular formula is C22H19ClF3N7O. The third-order valence-corrected chi connectivity index (χ3v) is 5.42. The quantitative estimate of drug-likeness (QED) is 0.389. The number of hydrogen-bond acceptors (Lipinski definition) is 6. The minimum Gasteiger partial charge on any atom is -0.343 e. The SMILES string of the molecule is CCn1cnc2cnc(C(=O)N[C@@H](C)c3cnc(Nc4ccc(Cl)c(C(F)(F)F)c4)cn3)cc21. The van der Waals surface area contributed by atoms with Gasteiger partial charge in [0.25, 0.3) is 5.91 Å². The van der Waals surface area contributed by atoms with Gasteiger partial charge in [0.1, 0.15) is 17.0 Å². The summed E-state index contributed by atoms with van der Waals surface area (Å²) in [5.41, 5.74) is 1.42. The summed E-state index contributed by atoms with van der Waals surface area (Å²) in [6.07, 6.45) is 1.45. The van der Waals surface area contributed by atoms with Crippen LogP contribution in [0, 0.1) is 0 Å². The number of pyridine rings is 1. The largest absolute Gasteiger partial charge is 0.417 e. The van der Waals surface area contributed by atoms with Crippen LogP contribution in [0.3, 0.4) is 0 Å². The Morgan fingerprint density at radius 3 is 2.59 bits per heavy atom. The average molecular weight is 490 g/mol. The fourth-order valence-corrected chi connectivity index (χ4v) is 3.50. The first-order valence-corrected chi connectivity index (χ1v) is 10.6. The van der Waals surface area contributed by atoms with Gasteiger partial charge < -0.3 is 15.2 Å². The van der Waals surface area contributed by atoms with Gasteiger partial charge in [-0.2, -0.15) is 13.2 Å². The van der Waals surface area contributed by atoms with Crippen molar-refractivity contribution in [2.75, 3.05) is 5.32 Å².